The molecule has 2 heteroatoms. The number of rotatable bonds is 5. The number of hydrogen-bond donors (Lipinski definition) is 0. The predicted octanol–water partition coefficient (Wildman–Crippen LogP) is 3.79. The summed E-state index contributed by atoms with van der Waals surface area (Å²) in [5.74, 6) is 1.62. The van der Waals surface area contributed by atoms with E-state index in [0.29, 0.717) is 6.61 Å². The average Bonchev–Trinajstić information content (AvgIpc) is 2.45. The molecule has 2 rings (SSSR count). The van der Waals surface area contributed by atoms with Gasteiger partial charge in [0.2, 0.25) is 0 Å². The van der Waals surface area contributed by atoms with E-state index in [-0.39, 0.29) is 0 Å². The van der Waals surface area contributed by atoms with E-state index in [0.717, 1.165) is 11.5 Å². The van der Waals surface area contributed by atoms with Gasteiger partial charge in [-0.15, -0.1) is 0 Å². The molecule has 0 aliphatic rings. The second-order valence-electron chi connectivity index (χ2n) is 3.80. The Balaban J connectivity index is 1.86. The predicted molar refractivity (Wildman–Crippen MR) is 74.0 cm³/mol. The first kappa shape index (κ1) is 12.2. The Labute approximate surface area is 107 Å². The molecule has 92 valence electrons. The Morgan fingerprint density at radius 1 is 0.944 bits per heavy atom. The molecule has 0 spiro atoms. The SMILES string of the molecule is COc1cccc(OC/C=C/c2ccccc2)c1. The van der Waals surface area contributed by atoms with Gasteiger partial charge in [-0.25, -0.2) is 0 Å². The van der Waals surface area contributed by atoms with Crippen LogP contribution in [0.25, 0.3) is 6.08 Å². The molecule has 0 bridgehead atoms. The van der Waals surface area contributed by atoms with E-state index in [2.05, 4.69) is 12.1 Å². The van der Waals surface area contributed by atoms with E-state index >= 15 is 0 Å². The van der Waals surface area contributed by atoms with Crippen LogP contribution in [0.4, 0.5) is 0 Å². The van der Waals surface area contributed by atoms with E-state index in [4.69, 9.17) is 9.47 Å². The van der Waals surface area contributed by atoms with Gasteiger partial charge < -0.3 is 9.47 Å². The van der Waals surface area contributed by atoms with E-state index in [1.165, 1.54) is 5.56 Å². The molecular formula is C16H16O2. The summed E-state index contributed by atoms with van der Waals surface area (Å²) in [6.07, 6.45) is 4.04. The standard InChI is InChI=1S/C16H16O2/c1-17-15-10-5-11-16(13-15)18-12-6-9-14-7-3-2-4-8-14/h2-11,13H,12H2,1H3/b9-6+. The van der Waals surface area contributed by atoms with E-state index < -0.39 is 0 Å². The third kappa shape index (κ3) is 3.67. The summed E-state index contributed by atoms with van der Waals surface area (Å²) < 4.78 is 10.7. The molecular weight excluding hydrogens is 224 g/mol. The van der Waals surface area contributed by atoms with Crippen molar-refractivity contribution in [3.8, 4) is 11.5 Å². The third-order valence-electron chi connectivity index (χ3n) is 2.50. The summed E-state index contributed by atoms with van der Waals surface area (Å²) in [5.41, 5.74) is 1.17. The Kier molecular flexibility index (Phi) is 4.42. The summed E-state index contributed by atoms with van der Waals surface area (Å²) in [6, 6.07) is 17.7. The molecule has 2 aromatic rings. The molecule has 0 unspecified atom stereocenters. The van der Waals surface area contributed by atoms with Gasteiger partial charge in [-0.2, -0.15) is 0 Å². The van der Waals surface area contributed by atoms with Crippen molar-refractivity contribution in [1.82, 2.24) is 0 Å². The van der Waals surface area contributed by atoms with Crippen LogP contribution < -0.4 is 9.47 Å². The quantitative estimate of drug-likeness (QED) is 0.791. The monoisotopic (exact) mass is 240 g/mol. The van der Waals surface area contributed by atoms with Crippen LogP contribution in [0.3, 0.4) is 0 Å². The molecule has 0 amide bonds. The Bertz CT molecular complexity index is 504. The lowest BCUT2D eigenvalue weighted by Gasteiger charge is -2.05. The fourth-order valence-electron chi connectivity index (χ4n) is 1.58. The average molecular weight is 240 g/mol. The van der Waals surface area contributed by atoms with Crippen LogP contribution in [-0.2, 0) is 0 Å². The lowest BCUT2D eigenvalue weighted by atomic mass is 10.2. The summed E-state index contributed by atoms with van der Waals surface area (Å²) >= 11 is 0. The zero-order valence-corrected chi connectivity index (χ0v) is 10.4. The van der Waals surface area contributed by atoms with Gasteiger partial charge in [0.25, 0.3) is 0 Å². The highest BCUT2D eigenvalue weighted by atomic mass is 16.5. The highest BCUT2D eigenvalue weighted by Crippen LogP contribution is 2.18. The van der Waals surface area contributed by atoms with Crippen LogP contribution in [0.15, 0.2) is 60.7 Å². The first-order chi connectivity index (χ1) is 8.88. The maximum Gasteiger partial charge on any atom is 0.123 e. The molecule has 0 saturated heterocycles. The van der Waals surface area contributed by atoms with Gasteiger partial charge >= 0.3 is 0 Å². The molecule has 0 heterocycles. The summed E-state index contributed by atoms with van der Waals surface area (Å²) in [7, 11) is 1.65. The van der Waals surface area contributed by atoms with Crippen molar-refractivity contribution in [3.63, 3.8) is 0 Å². The number of hydrogen-bond acceptors (Lipinski definition) is 2. The fourth-order valence-corrected chi connectivity index (χ4v) is 1.58. The van der Waals surface area contributed by atoms with Gasteiger partial charge in [0.1, 0.15) is 18.1 Å². The number of methoxy groups -OCH3 is 1. The van der Waals surface area contributed by atoms with Crippen molar-refractivity contribution in [2.45, 2.75) is 0 Å². The highest BCUT2D eigenvalue weighted by Gasteiger charge is 1.94. The first-order valence-corrected chi connectivity index (χ1v) is 5.87. The lowest BCUT2D eigenvalue weighted by Crippen LogP contribution is -1.93. The number of benzene rings is 2. The molecule has 0 saturated carbocycles. The maximum atomic E-state index is 5.60. The summed E-state index contributed by atoms with van der Waals surface area (Å²) in [6.45, 7) is 0.544. The molecule has 0 aliphatic heterocycles. The Morgan fingerprint density at radius 2 is 1.72 bits per heavy atom. The number of ether oxygens (including phenoxy) is 2. The lowest BCUT2D eigenvalue weighted by molar-refractivity contribution is 0.357. The van der Waals surface area contributed by atoms with Crippen molar-refractivity contribution in [2.24, 2.45) is 0 Å². The second-order valence-corrected chi connectivity index (χ2v) is 3.80. The van der Waals surface area contributed by atoms with Gasteiger partial charge in [0, 0.05) is 6.07 Å². The normalized spacial score (nSPS) is 10.5. The van der Waals surface area contributed by atoms with Crippen LogP contribution >= 0.6 is 0 Å². The topological polar surface area (TPSA) is 18.5 Å². The molecule has 2 nitrogen and oxygen atoms in total. The molecule has 0 N–H and O–H groups in total. The largest absolute Gasteiger partial charge is 0.497 e. The minimum Gasteiger partial charge on any atom is -0.497 e. The van der Waals surface area contributed by atoms with Crippen molar-refractivity contribution in [1.29, 1.82) is 0 Å². The van der Waals surface area contributed by atoms with Crippen LogP contribution in [0.2, 0.25) is 0 Å². The van der Waals surface area contributed by atoms with E-state index in [1.807, 2.05) is 54.6 Å². The summed E-state index contributed by atoms with van der Waals surface area (Å²) in [4.78, 5) is 0. The Morgan fingerprint density at radius 3 is 2.50 bits per heavy atom. The Hall–Kier alpha value is -2.22. The van der Waals surface area contributed by atoms with Gasteiger partial charge in [0.15, 0.2) is 0 Å². The molecule has 2 aromatic carbocycles. The van der Waals surface area contributed by atoms with Gasteiger partial charge in [-0.1, -0.05) is 42.5 Å². The van der Waals surface area contributed by atoms with E-state index in [9.17, 15) is 0 Å². The van der Waals surface area contributed by atoms with Gasteiger partial charge in [-0.05, 0) is 23.8 Å². The molecule has 0 radical (unpaired) electrons. The van der Waals surface area contributed by atoms with Crippen LogP contribution in [0.5, 0.6) is 11.5 Å². The van der Waals surface area contributed by atoms with Crippen LogP contribution in [0, 0.1) is 0 Å². The van der Waals surface area contributed by atoms with Crippen LogP contribution in [0.1, 0.15) is 5.56 Å². The van der Waals surface area contributed by atoms with Gasteiger partial charge in [0.05, 0.1) is 7.11 Å². The molecule has 0 aliphatic carbocycles. The van der Waals surface area contributed by atoms with Crippen molar-refractivity contribution in [2.75, 3.05) is 13.7 Å². The second kappa shape index (κ2) is 6.50. The van der Waals surface area contributed by atoms with Gasteiger partial charge in [-0.3, -0.25) is 0 Å². The smallest absolute Gasteiger partial charge is 0.123 e. The molecule has 0 aromatic heterocycles. The minimum absolute atomic E-state index is 0.544. The van der Waals surface area contributed by atoms with Crippen molar-refractivity contribution >= 4 is 6.08 Å². The molecule has 0 fully saturated rings. The molecule has 0 atom stereocenters. The highest BCUT2D eigenvalue weighted by molar-refractivity contribution is 5.48. The van der Waals surface area contributed by atoms with Crippen LogP contribution in [-0.4, -0.2) is 13.7 Å². The zero-order chi connectivity index (χ0) is 12.6. The first-order valence-electron chi connectivity index (χ1n) is 5.87. The fraction of sp³-hybridized carbons (Fsp3) is 0.125. The van der Waals surface area contributed by atoms with Crippen molar-refractivity contribution in [3.05, 3.63) is 66.2 Å². The summed E-state index contributed by atoms with van der Waals surface area (Å²) in [5, 5.41) is 0. The van der Waals surface area contributed by atoms with Crippen molar-refractivity contribution < 1.29 is 9.47 Å². The third-order valence-corrected chi connectivity index (χ3v) is 2.50. The minimum atomic E-state index is 0.544. The zero-order valence-electron chi connectivity index (χ0n) is 10.4. The van der Waals surface area contributed by atoms with E-state index in [1.54, 1.807) is 7.11 Å². The molecule has 18 heavy (non-hydrogen) atoms. The maximum absolute atomic E-state index is 5.60.